The second-order valence-electron chi connectivity index (χ2n) is 6.38. The van der Waals surface area contributed by atoms with Crippen molar-refractivity contribution in [3.05, 3.63) is 42.5 Å². The molecule has 0 radical (unpaired) electrons. The maximum Gasteiger partial charge on any atom is 0.251 e. The van der Waals surface area contributed by atoms with Gasteiger partial charge in [0.1, 0.15) is 12.7 Å². The van der Waals surface area contributed by atoms with Crippen molar-refractivity contribution in [1.82, 2.24) is 19.5 Å². The van der Waals surface area contributed by atoms with Crippen molar-refractivity contribution < 1.29 is 17.2 Å². The maximum atomic E-state index is 14.1. The van der Waals surface area contributed by atoms with E-state index in [1.54, 1.807) is 12.1 Å². The highest BCUT2D eigenvalue weighted by atomic mass is 32.2. The molecule has 2 aromatic rings. The van der Waals surface area contributed by atoms with Gasteiger partial charge in [-0.1, -0.05) is 19.1 Å². The SMILES string of the molecule is CCc1cccc(S(=O)(=O)NC2CC(n3cnnc3)CC(F)(F)C2)c1. The van der Waals surface area contributed by atoms with Gasteiger partial charge in [0.05, 0.1) is 4.90 Å². The molecule has 1 aromatic carbocycles. The molecular weight excluding hydrogens is 350 g/mol. The third kappa shape index (κ3) is 4.21. The van der Waals surface area contributed by atoms with Gasteiger partial charge in [0, 0.05) is 24.9 Å². The molecule has 1 N–H and O–H groups in total. The van der Waals surface area contributed by atoms with Gasteiger partial charge in [-0.25, -0.2) is 21.9 Å². The lowest BCUT2D eigenvalue weighted by atomic mass is 9.88. The van der Waals surface area contributed by atoms with E-state index in [1.165, 1.54) is 23.3 Å². The van der Waals surface area contributed by atoms with Gasteiger partial charge in [0.25, 0.3) is 5.92 Å². The summed E-state index contributed by atoms with van der Waals surface area (Å²) in [6.45, 7) is 1.92. The standard InChI is InChI=1S/C16H20F2N4O2S/c1-2-12-4-3-5-15(6-12)25(23,24)21-13-7-14(9-16(17,18)8-13)22-10-19-20-11-22/h3-6,10-11,13-14,21H,2,7-9H2,1H3. The minimum atomic E-state index is -3.86. The van der Waals surface area contributed by atoms with Crippen LogP contribution in [-0.2, 0) is 16.4 Å². The molecule has 25 heavy (non-hydrogen) atoms. The van der Waals surface area contributed by atoms with Crippen molar-refractivity contribution in [1.29, 1.82) is 0 Å². The smallest absolute Gasteiger partial charge is 0.251 e. The molecule has 6 nitrogen and oxygen atoms in total. The van der Waals surface area contributed by atoms with Crippen molar-refractivity contribution >= 4 is 10.0 Å². The van der Waals surface area contributed by atoms with Gasteiger partial charge in [-0.3, -0.25) is 0 Å². The largest absolute Gasteiger partial charge is 0.317 e. The van der Waals surface area contributed by atoms with Gasteiger partial charge in [0.2, 0.25) is 10.0 Å². The van der Waals surface area contributed by atoms with Crippen LogP contribution in [0.4, 0.5) is 8.78 Å². The normalized spacial score (nSPS) is 23.5. The minimum Gasteiger partial charge on any atom is -0.317 e. The summed E-state index contributed by atoms with van der Waals surface area (Å²) >= 11 is 0. The quantitative estimate of drug-likeness (QED) is 0.878. The lowest BCUT2D eigenvalue weighted by Gasteiger charge is -2.35. The predicted molar refractivity (Wildman–Crippen MR) is 87.8 cm³/mol. The summed E-state index contributed by atoms with van der Waals surface area (Å²) in [5, 5.41) is 7.28. The van der Waals surface area contributed by atoms with Crippen LogP contribution >= 0.6 is 0 Å². The molecule has 2 unspecified atom stereocenters. The molecule has 2 atom stereocenters. The molecule has 1 aromatic heterocycles. The number of aromatic nitrogens is 3. The number of benzene rings is 1. The van der Waals surface area contributed by atoms with E-state index in [9.17, 15) is 17.2 Å². The number of hydrogen-bond donors (Lipinski definition) is 1. The Labute approximate surface area is 145 Å². The molecule has 0 amide bonds. The summed E-state index contributed by atoms with van der Waals surface area (Å²) in [6, 6.07) is 5.12. The number of hydrogen-bond acceptors (Lipinski definition) is 4. The maximum absolute atomic E-state index is 14.1. The Bertz CT molecular complexity index is 824. The third-order valence-electron chi connectivity index (χ3n) is 4.43. The molecule has 9 heteroatoms. The van der Waals surface area contributed by atoms with Crippen LogP contribution in [0.5, 0.6) is 0 Å². The van der Waals surface area contributed by atoms with Crippen LogP contribution in [0, 0.1) is 0 Å². The minimum absolute atomic E-state index is 0.0987. The van der Waals surface area contributed by atoms with E-state index >= 15 is 0 Å². The Morgan fingerprint density at radius 2 is 2.00 bits per heavy atom. The fraction of sp³-hybridized carbons (Fsp3) is 0.500. The van der Waals surface area contributed by atoms with Crippen molar-refractivity contribution in [3.63, 3.8) is 0 Å². The van der Waals surface area contributed by atoms with Crippen LogP contribution in [0.3, 0.4) is 0 Å². The van der Waals surface area contributed by atoms with E-state index < -0.39 is 34.5 Å². The lowest BCUT2D eigenvalue weighted by Crippen LogP contribution is -2.45. The van der Waals surface area contributed by atoms with Gasteiger partial charge in [-0.15, -0.1) is 10.2 Å². The first kappa shape index (κ1) is 17.9. The molecule has 1 aliphatic rings. The average molecular weight is 370 g/mol. The fourth-order valence-corrected chi connectivity index (χ4v) is 4.54. The highest BCUT2D eigenvalue weighted by molar-refractivity contribution is 7.89. The van der Waals surface area contributed by atoms with Gasteiger partial charge in [-0.2, -0.15) is 0 Å². The van der Waals surface area contributed by atoms with Crippen molar-refractivity contribution in [2.24, 2.45) is 0 Å². The molecular formula is C16H20F2N4O2S. The van der Waals surface area contributed by atoms with Crippen LogP contribution in [0.15, 0.2) is 41.8 Å². The number of nitrogens with one attached hydrogen (secondary N) is 1. The monoisotopic (exact) mass is 370 g/mol. The molecule has 0 aliphatic heterocycles. The van der Waals surface area contributed by atoms with E-state index in [0.717, 1.165) is 5.56 Å². The lowest BCUT2D eigenvalue weighted by molar-refractivity contribution is -0.0577. The molecule has 1 heterocycles. The first-order valence-corrected chi connectivity index (χ1v) is 9.60. The molecule has 136 valence electrons. The van der Waals surface area contributed by atoms with E-state index in [0.29, 0.717) is 6.42 Å². The van der Waals surface area contributed by atoms with Crippen molar-refractivity contribution in [3.8, 4) is 0 Å². The van der Waals surface area contributed by atoms with Crippen LogP contribution in [-0.4, -0.2) is 35.1 Å². The van der Waals surface area contributed by atoms with Gasteiger partial charge < -0.3 is 4.57 Å². The van der Waals surface area contributed by atoms with E-state index in [2.05, 4.69) is 14.9 Å². The van der Waals surface area contributed by atoms with E-state index in [4.69, 9.17) is 0 Å². The fourth-order valence-electron chi connectivity index (χ4n) is 3.22. The summed E-state index contributed by atoms with van der Waals surface area (Å²) in [4.78, 5) is 0.0987. The van der Waals surface area contributed by atoms with Crippen molar-refractivity contribution in [2.45, 2.75) is 55.5 Å². The third-order valence-corrected chi connectivity index (χ3v) is 5.95. The Kier molecular flexibility index (Phi) is 4.88. The van der Waals surface area contributed by atoms with Crippen LogP contribution in [0.25, 0.3) is 0 Å². The number of sulfonamides is 1. The highest BCUT2D eigenvalue weighted by Crippen LogP contribution is 2.39. The molecule has 1 aliphatic carbocycles. The van der Waals surface area contributed by atoms with Crippen LogP contribution < -0.4 is 4.72 Å². The molecule has 1 saturated carbocycles. The van der Waals surface area contributed by atoms with E-state index in [1.807, 2.05) is 13.0 Å². The van der Waals surface area contributed by atoms with Crippen LogP contribution in [0.1, 0.15) is 37.8 Å². The number of halogens is 2. The Balaban J connectivity index is 1.80. The zero-order chi connectivity index (χ0) is 18.1. The summed E-state index contributed by atoms with van der Waals surface area (Å²) in [7, 11) is -3.86. The zero-order valence-corrected chi connectivity index (χ0v) is 14.6. The Morgan fingerprint density at radius 1 is 1.28 bits per heavy atom. The van der Waals surface area contributed by atoms with Gasteiger partial charge in [0.15, 0.2) is 0 Å². The molecule has 0 bridgehead atoms. The number of nitrogens with zero attached hydrogens (tertiary/aromatic N) is 3. The molecule has 1 fully saturated rings. The summed E-state index contributed by atoms with van der Waals surface area (Å²) in [5.74, 6) is -2.95. The number of aryl methyl sites for hydroxylation is 1. The van der Waals surface area contributed by atoms with Crippen LogP contribution in [0.2, 0.25) is 0 Å². The second kappa shape index (κ2) is 6.80. The Morgan fingerprint density at radius 3 is 2.68 bits per heavy atom. The molecule has 0 saturated heterocycles. The van der Waals surface area contributed by atoms with Crippen molar-refractivity contribution in [2.75, 3.05) is 0 Å². The summed E-state index contributed by atoms with van der Waals surface area (Å²) in [5.41, 5.74) is 0.874. The van der Waals surface area contributed by atoms with Gasteiger partial charge in [-0.05, 0) is 30.5 Å². The summed E-state index contributed by atoms with van der Waals surface area (Å²) < 4.78 is 57.3. The molecule has 3 rings (SSSR count). The summed E-state index contributed by atoms with van der Waals surface area (Å²) in [6.07, 6.45) is 2.85. The highest BCUT2D eigenvalue weighted by Gasteiger charge is 2.43. The first-order valence-electron chi connectivity index (χ1n) is 8.12. The number of rotatable bonds is 5. The molecule has 0 spiro atoms. The number of alkyl halides is 2. The van der Waals surface area contributed by atoms with Gasteiger partial charge >= 0.3 is 0 Å². The average Bonchev–Trinajstić information content (AvgIpc) is 3.07. The topological polar surface area (TPSA) is 76.9 Å². The predicted octanol–water partition coefficient (Wildman–Crippen LogP) is 2.55. The first-order chi connectivity index (χ1) is 11.8. The second-order valence-corrected chi connectivity index (χ2v) is 8.10. The Hall–Kier alpha value is -1.87. The van der Waals surface area contributed by atoms with E-state index in [-0.39, 0.29) is 17.7 Å². The zero-order valence-electron chi connectivity index (χ0n) is 13.8.